The van der Waals surface area contributed by atoms with Crippen LogP contribution in [-0.4, -0.2) is 16.7 Å². The maximum atomic E-state index is 11.3. The van der Waals surface area contributed by atoms with Gasteiger partial charge in [0.25, 0.3) is 0 Å². The van der Waals surface area contributed by atoms with E-state index in [1.807, 2.05) is 6.92 Å². The van der Waals surface area contributed by atoms with E-state index >= 15 is 0 Å². The van der Waals surface area contributed by atoms with Crippen LogP contribution in [-0.2, 0) is 4.79 Å². The molecule has 0 unspecified atom stereocenters. The molecule has 0 aliphatic carbocycles. The molecule has 0 fully saturated rings. The highest BCUT2D eigenvalue weighted by atomic mass is 16.1. The number of nitrogens with zero attached hydrogens (tertiary/aromatic N) is 1. The molecule has 1 rings (SSSR count). The normalized spacial score (nSPS) is 9.87. The second-order valence-electron chi connectivity index (χ2n) is 3.52. The molecule has 80 valence electrons. The molecular formula is C11H14N2O2. The molecule has 4 heteroatoms. The quantitative estimate of drug-likeness (QED) is 0.751. The van der Waals surface area contributed by atoms with Crippen molar-refractivity contribution in [2.24, 2.45) is 0 Å². The van der Waals surface area contributed by atoms with E-state index in [2.05, 4.69) is 10.3 Å². The van der Waals surface area contributed by atoms with Crippen molar-refractivity contribution in [1.82, 2.24) is 4.98 Å². The average Bonchev–Trinajstić information content (AvgIpc) is 1.99. The zero-order valence-electron chi connectivity index (χ0n) is 9.34. The van der Waals surface area contributed by atoms with Gasteiger partial charge in [-0.05, 0) is 32.4 Å². The Kier molecular flexibility index (Phi) is 3.19. The largest absolute Gasteiger partial charge is 0.311 e. The first-order chi connectivity index (χ1) is 6.91. The minimum atomic E-state index is -0.170. The van der Waals surface area contributed by atoms with Crippen LogP contribution in [0.25, 0.3) is 0 Å². The van der Waals surface area contributed by atoms with Crippen LogP contribution in [0.4, 0.5) is 5.82 Å². The molecule has 1 aromatic heterocycles. The monoisotopic (exact) mass is 206 g/mol. The van der Waals surface area contributed by atoms with Crippen LogP contribution in [0.3, 0.4) is 0 Å². The minimum absolute atomic E-state index is 0.00752. The van der Waals surface area contributed by atoms with Crippen LogP contribution in [0, 0.1) is 13.8 Å². The van der Waals surface area contributed by atoms with Crippen molar-refractivity contribution in [2.75, 3.05) is 5.32 Å². The summed E-state index contributed by atoms with van der Waals surface area (Å²) < 4.78 is 0. The van der Waals surface area contributed by atoms with Gasteiger partial charge < -0.3 is 5.32 Å². The summed E-state index contributed by atoms with van der Waals surface area (Å²) in [6, 6.07) is 1.70. The number of carbonyl (C=O) groups is 2. The summed E-state index contributed by atoms with van der Waals surface area (Å²) in [6.07, 6.45) is 0. The third kappa shape index (κ3) is 2.62. The number of pyridine rings is 1. The van der Waals surface area contributed by atoms with Gasteiger partial charge in [0.2, 0.25) is 5.91 Å². The lowest BCUT2D eigenvalue weighted by molar-refractivity contribution is -0.114. The number of Topliss-reactive ketones (excluding diaryl/α,β-unsaturated/α-hetero) is 1. The fourth-order valence-electron chi connectivity index (χ4n) is 1.61. The van der Waals surface area contributed by atoms with Gasteiger partial charge in [-0.25, -0.2) is 4.98 Å². The maximum Gasteiger partial charge on any atom is 0.222 e. The van der Waals surface area contributed by atoms with Crippen LogP contribution in [0.2, 0.25) is 0 Å². The topological polar surface area (TPSA) is 59.1 Å². The summed E-state index contributed by atoms with van der Waals surface area (Å²) in [5.41, 5.74) is 2.11. The highest BCUT2D eigenvalue weighted by molar-refractivity contribution is 5.97. The van der Waals surface area contributed by atoms with E-state index < -0.39 is 0 Å². The Hall–Kier alpha value is -1.71. The summed E-state index contributed by atoms with van der Waals surface area (Å²) in [6.45, 7) is 6.52. The molecule has 1 amide bonds. The van der Waals surface area contributed by atoms with Crippen molar-refractivity contribution in [3.63, 3.8) is 0 Å². The van der Waals surface area contributed by atoms with Crippen LogP contribution in [0.1, 0.15) is 35.5 Å². The molecule has 0 aliphatic rings. The number of ketones is 1. The number of carbonyl (C=O) groups excluding carboxylic acids is 2. The fourth-order valence-corrected chi connectivity index (χ4v) is 1.61. The lowest BCUT2D eigenvalue weighted by Crippen LogP contribution is -2.10. The van der Waals surface area contributed by atoms with Gasteiger partial charge in [-0.1, -0.05) is 0 Å². The zero-order chi connectivity index (χ0) is 11.6. The standard InChI is InChI=1S/C11H14N2O2/c1-6-5-10(13-9(4)15)12-7(2)11(6)8(3)14/h5H,1-4H3,(H,12,13,15). The number of amides is 1. The zero-order valence-corrected chi connectivity index (χ0v) is 9.34. The number of nitrogens with one attached hydrogen (secondary N) is 1. The first-order valence-corrected chi connectivity index (χ1v) is 4.68. The molecular weight excluding hydrogens is 192 g/mol. The number of rotatable bonds is 2. The molecule has 0 saturated heterocycles. The lowest BCUT2D eigenvalue weighted by Gasteiger charge is -2.09. The summed E-state index contributed by atoms with van der Waals surface area (Å²) in [5.74, 6) is 0.311. The van der Waals surface area contributed by atoms with Crippen molar-refractivity contribution in [3.8, 4) is 0 Å². The first kappa shape index (κ1) is 11.4. The number of aromatic nitrogens is 1. The van der Waals surface area contributed by atoms with E-state index in [1.165, 1.54) is 13.8 Å². The lowest BCUT2D eigenvalue weighted by atomic mass is 10.0. The van der Waals surface area contributed by atoms with Gasteiger partial charge in [0, 0.05) is 12.5 Å². The summed E-state index contributed by atoms with van der Waals surface area (Å²) in [7, 11) is 0. The van der Waals surface area contributed by atoms with Crippen molar-refractivity contribution in [1.29, 1.82) is 0 Å². The smallest absolute Gasteiger partial charge is 0.222 e. The van der Waals surface area contributed by atoms with E-state index in [-0.39, 0.29) is 11.7 Å². The predicted octanol–water partition coefficient (Wildman–Crippen LogP) is 1.86. The van der Waals surface area contributed by atoms with Gasteiger partial charge in [0.15, 0.2) is 5.78 Å². The molecule has 0 aliphatic heterocycles. The number of hydrogen-bond donors (Lipinski definition) is 1. The molecule has 1 N–H and O–H groups in total. The van der Waals surface area contributed by atoms with Crippen molar-refractivity contribution >= 4 is 17.5 Å². The van der Waals surface area contributed by atoms with Gasteiger partial charge >= 0.3 is 0 Å². The second kappa shape index (κ2) is 4.21. The molecule has 0 aromatic carbocycles. The van der Waals surface area contributed by atoms with Crippen molar-refractivity contribution < 1.29 is 9.59 Å². The van der Waals surface area contributed by atoms with Gasteiger partial charge in [0.1, 0.15) is 5.82 Å². The Morgan fingerprint density at radius 2 is 1.87 bits per heavy atom. The molecule has 0 radical (unpaired) electrons. The van der Waals surface area contributed by atoms with Gasteiger partial charge in [0.05, 0.1) is 5.69 Å². The Morgan fingerprint density at radius 3 is 2.27 bits per heavy atom. The Morgan fingerprint density at radius 1 is 1.27 bits per heavy atom. The second-order valence-corrected chi connectivity index (χ2v) is 3.52. The fraction of sp³-hybridized carbons (Fsp3) is 0.364. The summed E-state index contributed by atoms with van der Waals surface area (Å²) in [5, 5.41) is 2.59. The predicted molar refractivity (Wildman–Crippen MR) is 58.0 cm³/mol. The van der Waals surface area contributed by atoms with E-state index in [9.17, 15) is 9.59 Å². The molecule has 15 heavy (non-hydrogen) atoms. The van der Waals surface area contributed by atoms with Crippen LogP contribution < -0.4 is 5.32 Å². The molecule has 1 aromatic rings. The van der Waals surface area contributed by atoms with Crippen LogP contribution in [0.5, 0.6) is 0 Å². The third-order valence-corrected chi connectivity index (χ3v) is 2.05. The molecule has 4 nitrogen and oxygen atoms in total. The Labute approximate surface area is 88.7 Å². The van der Waals surface area contributed by atoms with E-state index in [0.29, 0.717) is 17.1 Å². The number of hydrogen-bond acceptors (Lipinski definition) is 3. The van der Waals surface area contributed by atoms with Crippen molar-refractivity contribution in [3.05, 3.63) is 22.9 Å². The molecule has 0 bridgehead atoms. The van der Waals surface area contributed by atoms with E-state index in [0.717, 1.165) is 5.56 Å². The molecule has 0 atom stereocenters. The van der Waals surface area contributed by atoms with Gasteiger partial charge in [-0.15, -0.1) is 0 Å². The Balaban J connectivity index is 3.19. The SMILES string of the molecule is CC(=O)Nc1cc(C)c(C(C)=O)c(C)n1. The minimum Gasteiger partial charge on any atom is -0.311 e. The molecule has 1 heterocycles. The maximum absolute atomic E-state index is 11.3. The summed E-state index contributed by atoms with van der Waals surface area (Å²) >= 11 is 0. The van der Waals surface area contributed by atoms with E-state index in [4.69, 9.17) is 0 Å². The van der Waals surface area contributed by atoms with Crippen LogP contribution in [0.15, 0.2) is 6.07 Å². The number of anilines is 1. The third-order valence-electron chi connectivity index (χ3n) is 2.05. The van der Waals surface area contributed by atoms with E-state index in [1.54, 1.807) is 13.0 Å². The summed E-state index contributed by atoms with van der Waals surface area (Å²) in [4.78, 5) is 26.3. The highest BCUT2D eigenvalue weighted by Crippen LogP contribution is 2.16. The van der Waals surface area contributed by atoms with Crippen molar-refractivity contribution in [2.45, 2.75) is 27.7 Å². The molecule has 0 spiro atoms. The van der Waals surface area contributed by atoms with Crippen LogP contribution >= 0.6 is 0 Å². The van der Waals surface area contributed by atoms with Gasteiger partial charge in [-0.3, -0.25) is 9.59 Å². The number of aryl methyl sites for hydroxylation is 2. The Bertz CT molecular complexity index is 402. The van der Waals surface area contributed by atoms with Gasteiger partial charge in [-0.2, -0.15) is 0 Å². The first-order valence-electron chi connectivity index (χ1n) is 4.68. The average molecular weight is 206 g/mol. The highest BCUT2D eigenvalue weighted by Gasteiger charge is 2.10. The molecule has 0 saturated carbocycles.